The third kappa shape index (κ3) is 6.35. The molecule has 3 atom stereocenters. The average Bonchev–Trinajstić information content (AvgIpc) is 2.75. The van der Waals surface area contributed by atoms with E-state index in [0.29, 0.717) is 19.4 Å². The number of nitrogens with zero attached hydrogens (tertiary/aromatic N) is 1. The van der Waals surface area contributed by atoms with Gasteiger partial charge in [0.1, 0.15) is 0 Å². The summed E-state index contributed by atoms with van der Waals surface area (Å²) in [4.78, 5) is 14.9. The molecule has 2 aromatic rings. The Morgan fingerprint density at radius 2 is 2.10 bits per heavy atom. The highest BCUT2D eigenvalue weighted by Crippen LogP contribution is 2.38. The first-order chi connectivity index (χ1) is 14.9. The molecule has 0 amide bonds. The number of carboxylic acids is 1. The summed E-state index contributed by atoms with van der Waals surface area (Å²) in [5.74, 6) is -1.10. The lowest BCUT2D eigenvalue weighted by Crippen LogP contribution is -2.50. The molecule has 31 heavy (non-hydrogen) atoms. The van der Waals surface area contributed by atoms with Crippen LogP contribution in [0.3, 0.4) is 0 Å². The Balaban J connectivity index is 1.72. The molecule has 0 bridgehead atoms. The van der Waals surface area contributed by atoms with Crippen LogP contribution in [0.25, 0.3) is 0 Å². The highest BCUT2D eigenvalue weighted by Gasteiger charge is 2.42. The number of ether oxygens (including phenoxy) is 3. The van der Waals surface area contributed by atoms with Gasteiger partial charge in [0, 0.05) is 24.7 Å². The van der Waals surface area contributed by atoms with Gasteiger partial charge in [0.25, 0.3) is 0 Å². The summed E-state index contributed by atoms with van der Waals surface area (Å²) < 4.78 is 32.3. The topological polar surface area (TPSA) is 77.9 Å². The molecule has 7 heteroatoms. The number of carbonyl (C=O) groups is 1. The highest BCUT2D eigenvalue weighted by atomic mass is 19.1. The maximum atomic E-state index is 14.1. The van der Waals surface area contributed by atoms with Gasteiger partial charge in [0.05, 0.1) is 12.7 Å². The van der Waals surface area contributed by atoms with Crippen molar-refractivity contribution in [3.8, 4) is 5.75 Å². The second-order valence-electron chi connectivity index (χ2n) is 8.04. The molecule has 1 fully saturated rings. The van der Waals surface area contributed by atoms with Crippen molar-refractivity contribution in [3.05, 3.63) is 72.3 Å². The predicted octanol–water partition coefficient (Wildman–Crippen LogP) is 4.92. The number of aromatic nitrogens is 1. The summed E-state index contributed by atoms with van der Waals surface area (Å²) in [5.41, 5.74) is -0.0215. The summed E-state index contributed by atoms with van der Waals surface area (Å²) in [7, 11) is 0. The number of allylic oxidation sites excluding steroid dienone is 2. The average molecular weight is 429 g/mol. The largest absolute Gasteiger partial charge is 0.481 e. The monoisotopic (exact) mass is 429 g/mol. The molecule has 1 N–H and O–H groups in total. The molecule has 3 rings (SSSR count). The van der Waals surface area contributed by atoms with E-state index in [2.05, 4.69) is 4.98 Å². The zero-order valence-corrected chi connectivity index (χ0v) is 17.7. The van der Waals surface area contributed by atoms with Gasteiger partial charge in [-0.25, -0.2) is 4.39 Å². The van der Waals surface area contributed by atoms with E-state index in [9.17, 15) is 9.18 Å². The third-order valence-electron chi connectivity index (χ3n) is 5.08. The van der Waals surface area contributed by atoms with Crippen LogP contribution in [0.4, 0.5) is 4.39 Å². The number of pyridine rings is 1. The minimum atomic E-state index is -0.940. The van der Waals surface area contributed by atoms with Crippen molar-refractivity contribution < 1.29 is 28.5 Å². The molecule has 1 aromatic heterocycles. The van der Waals surface area contributed by atoms with Gasteiger partial charge in [-0.1, -0.05) is 30.4 Å². The highest BCUT2D eigenvalue weighted by molar-refractivity contribution is 5.66. The number of carboxylic acid groups (broad SMARTS) is 1. The lowest BCUT2D eigenvalue weighted by molar-refractivity contribution is -0.288. The first-order valence-corrected chi connectivity index (χ1v) is 10.3. The Morgan fingerprint density at radius 3 is 2.81 bits per heavy atom. The number of aliphatic carboxylic acids is 1. The molecular weight excluding hydrogens is 401 g/mol. The maximum Gasteiger partial charge on any atom is 0.303 e. The smallest absolute Gasteiger partial charge is 0.303 e. The van der Waals surface area contributed by atoms with Crippen molar-refractivity contribution in [1.82, 2.24) is 4.98 Å². The van der Waals surface area contributed by atoms with Crippen LogP contribution in [0.2, 0.25) is 0 Å². The van der Waals surface area contributed by atoms with Gasteiger partial charge in [-0.3, -0.25) is 9.78 Å². The molecule has 166 valence electrons. The van der Waals surface area contributed by atoms with Crippen LogP contribution in [0.1, 0.15) is 44.8 Å². The fourth-order valence-electron chi connectivity index (χ4n) is 3.49. The van der Waals surface area contributed by atoms with Crippen molar-refractivity contribution in [3.63, 3.8) is 0 Å². The second kappa shape index (κ2) is 10.5. The summed E-state index contributed by atoms with van der Waals surface area (Å²) in [6, 6.07) is 10.0. The fourth-order valence-corrected chi connectivity index (χ4v) is 3.49. The fraction of sp³-hybridized carbons (Fsp3) is 0.417. The van der Waals surface area contributed by atoms with Crippen molar-refractivity contribution >= 4 is 5.97 Å². The van der Waals surface area contributed by atoms with Crippen molar-refractivity contribution in [1.29, 1.82) is 0 Å². The Kier molecular flexibility index (Phi) is 7.76. The molecule has 0 aliphatic carbocycles. The van der Waals surface area contributed by atoms with Gasteiger partial charge in [-0.15, -0.1) is 0 Å². The van der Waals surface area contributed by atoms with Gasteiger partial charge in [-0.05, 0) is 50.5 Å². The number of rotatable bonds is 9. The summed E-state index contributed by atoms with van der Waals surface area (Å²) in [6.07, 6.45) is 7.53. The lowest BCUT2D eigenvalue weighted by atomic mass is 9.92. The molecule has 1 aliphatic rings. The van der Waals surface area contributed by atoms with Crippen LogP contribution >= 0.6 is 0 Å². The SMILES string of the molecule is CC(C)(Oc1ccccc1F)[C@H]1OC[C@@H](C/C=C\CCC(=O)O)[C@@H](c2cccnc2)O1. The number of hydrogen-bond donors (Lipinski definition) is 1. The van der Waals surface area contributed by atoms with Gasteiger partial charge in [0.2, 0.25) is 0 Å². The van der Waals surface area contributed by atoms with Crippen LogP contribution < -0.4 is 4.74 Å². The van der Waals surface area contributed by atoms with Crippen LogP contribution in [-0.2, 0) is 14.3 Å². The van der Waals surface area contributed by atoms with Crippen molar-refractivity contribution in [2.24, 2.45) is 5.92 Å². The molecule has 0 unspecified atom stereocenters. The molecule has 1 aromatic carbocycles. The normalized spacial score (nSPS) is 21.8. The Labute approximate surface area is 181 Å². The van der Waals surface area contributed by atoms with Crippen molar-refractivity contribution in [2.45, 2.75) is 51.1 Å². The molecule has 0 spiro atoms. The Bertz CT molecular complexity index is 887. The van der Waals surface area contributed by atoms with Gasteiger partial charge < -0.3 is 19.3 Å². The molecule has 0 saturated carbocycles. The number of hydrogen-bond acceptors (Lipinski definition) is 5. The van der Waals surface area contributed by atoms with Gasteiger partial charge >= 0.3 is 5.97 Å². The molecule has 1 aliphatic heterocycles. The lowest BCUT2D eigenvalue weighted by Gasteiger charge is -2.42. The Hall–Kier alpha value is -2.77. The Morgan fingerprint density at radius 1 is 1.29 bits per heavy atom. The first kappa shape index (κ1) is 22.9. The van der Waals surface area contributed by atoms with Crippen LogP contribution in [0.5, 0.6) is 5.75 Å². The van der Waals surface area contributed by atoms with E-state index in [-0.39, 0.29) is 24.2 Å². The summed E-state index contributed by atoms with van der Waals surface area (Å²) >= 11 is 0. The van der Waals surface area contributed by atoms with Gasteiger partial charge in [0.15, 0.2) is 23.5 Å². The van der Waals surface area contributed by atoms with E-state index in [1.54, 1.807) is 44.4 Å². The number of para-hydroxylation sites is 1. The van der Waals surface area contributed by atoms with Crippen molar-refractivity contribution in [2.75, 3.05) is 6.61 Å². The van der Waals surface area contributed by atoms with Crippen LogP contribution in [-0.4, -0.2) is 34.6 Å². The summed E-state index contributed by atoms with van der Waals surface area (Å²) in [5, 5.41) is 8.76. The molecular formula is C24H28FNO5. The van der Waals surface area contributed by atoms with E-state index in [1.807, 2.05) is 24.3 Å². The van der Waals surface area contributed by atoms with E-state index in [4.69, 9.17) is 19.3 Å². The van der Waals surface area contributed by atoms with Gasteiger partial charge in [-0.2, -0.15) is 0 Å². The van der Waals surface area contributed by atoms with E-state index < -0.39 is 23.7 Å². The van der Waals surface area contributed by atoms with E-state index in [1.165, 1.54) is 6.07 Å². The maximum absolute atomic E-state index is 14.1. The standard InChI is InChI=1S/C24H28FNO5/c1-24(2,31-20-12-7-6-11-19(20)25)23-29-16-18(9-4-3-5-13-21(27)28)22(30-23)17-10-8-14-26-15-17/h3-4,6-8,10-12,14-15,18,22-23H,5,9,13,16H2,1-2H3,(H,27,28)/b4-3-/t18-,22-,23+/m1/s1. The quantitative estimate of drug-likeness (QED) is 0.570. The molecule has 0 radical (unpaired) electrons. The second-order valence-corrected chi connectivity index (χ2v) is 8.04. The van der Waals surface area contributed by atoms with E-state index in [0.717, 1.165) is 5.56 Å². The first-order valence-electron chi connectivity index (χ1n) is 10.3. The van der Waals surface area contributed by atoms with E-state index >= 15 is 0 Å². The minimum absolute atomic E-state index is 0.0192. The number of benzene rings is 1. The minimum Gasteiger partial charge on any atom is -0.481 e. The third-order valence-corrected chi connectivity index (χ3v) is 5.08. The van der Waals surface area contributed by atoms with Crippen LogP contribution in [0.15, 0.2) is 60.9 Å². The molecule has 6 nitrogen and oxygen atoms in total. The molecule has 1 saturated heterocycles. The van der Waals surface area contributed by atoms with Crippen LogP contribution in [0, 0.1) is 11.7 Å². The zero-order valence-electron chi connectivity index (χ0n) is 17.7. The molecule has 2 heterocycles. The summed E-state index contributed by atoms with van der Waals surface area (Å²) in [6.45, 7) is 4.02. The number of halogens is 1. The predicted molar refractivity (Wildman–Crippen MR) is 113 cm³/mol. The zero-order chi connectivity index (χ0) is 22.3.